The van der Waals surface area contributed by atoms with Gasteiger partial charge in [-0.3, -0.25) is 4.79 Å². The normalized spacial score (nSPS) is 23.2. The number of carbonyl (C=O) groups excluding carboxylic acids is 1. The summed E-state index contributed by atoms with van der Waals surface area (Å²) in [5, 5.41) is 8.80. The van der Waals surface area contributed by atoms with E-state index in [1.807, 2.05) is 13.8 Å². The molecule has 0 radical (unpaired) electrons. The van der Waals surface area contributed by atoms with Crippen molar-refractivity contribution in [3.05, 3.63) is 0 Å². The molecule has 0 saturated carbocycles. The molecule has 0 aromatic heterocycles. The zero-order valence-electron chi connectivity index (χ0n) is 11.3. The average Bonchev–Trinajstić information content (AvgIpc) is 2.37. The fourth-order valence-electron chi connectivity index (χ4n) is 2.11. The molecular formula is C13H23N3O2. The van der Waals surface area contributed by atoms with Crippen molar-refractivity contribution in [2.75, 3.05) is 19.7 Å². The Balaban J connectivity index is 2.36. The van der Waals surface area contributed by atoms with Crippen LogP contribution in [0.2, 0.25) is 0 Å². The zero-order valence-corrected chi connectivity index (χ0v) is 11.3. The van der Waals surface area contributed by atoms with Crippen LogP contribution in [0, 0.1) is 17.2 Å². The number of nitrogens with zero attached hydrogens (tertiary/aromatic N) is 2. The first-order valence-electron chi connectivity index (χ1n) is 6.60. The molecule has 1 heterocycles. The molecule has 18 heavy (non-hydrogen) atoms. The van der Waals surface area contributed by atoms with E-state index in [0.29, 0.717) is 19.7 Å². The van der Waals surface area contributed by atoms with E-state index in [0.717, 1.165) is 19.3 Å². The van der Waals surface area contributed by atoms with E-state index in [1.165, 1.54) is 0 Å². The maximum atomic E-state index is 12.2. The fraction of sp³-hybridized carbons (Fsp3) is 0.846. The van der Waals surface area contributed by atoms with E-state index in [2.05, 4.69) is 6.07 Å². The molecule has 0 aromatic rings. The van der Waals surface area contributed by atoms with E-state index in [9.17, 15) is 4.79 Å². The average molecular weight is 253 g/mol. The second-order valence-corrected chi connectivity index (χ2v) is 5.08. The minimum atomic E-state index is -0.473. The predicted molar refractivity (Wildman–Crippen MR) is 68.6 cm³/mol. The van der Waals surface area contributed by atoms with E-state index in [-0.39, 0.29) is 17.9 Å². The molecule has 0 spiro atoms. The Morgan fingerprint density at radius 1 is 1.56 bits per heavy atom. The van der Waals surface area contributed by atoms with Gasteiger partial charge in [0.15, 0.2) is 6.10 Å². The van der Waals surface area contributed by atoms with Crippen LogP contribution >= 0.6 is 0 Å². The molecule has 0 bridgehead atoms. The zero-order chi connectivity index (χ0) is 13.5. The SMILES string of the molecule is CC(N)CCCC(C)C(=O)N1CCOC(C#N)C1. The Labute approximate surface area is 109 Å². The van der Waals surface area contributed by atoms with Gasteiger partial charge in [-0.05, 0) is 19.8 Å². The Morgan fingerprint density at radius 3 is 2.89 bits per heavy atom. The monoisotopic (exact) mass is 253 g/mol. The van der Waals surface area contributed by atoms with Gasteiger partial charge in [0.25, 0.3) is 0 Å². The first-order valence-corrected chi connectivity index (χ1v) is 6.60. The Hall–Kier alpha value is -1.12. The third-order valence-corrected chi connectivity index (χ3v) is 3.24. The molecule has 0 aromatic carbocycles. The van der Waals surface area contributed by atoms with Crippen molar-refractivity contribution in [3.8, 4) is 6.07 Å². The van der Waals surface area contributed by atoms with Crippen molar-refractivity contribution < 1.29 is 9.53 Å². The van der Waals surface area contributed by atoms with Gasteiger partial charge in [-0.2, -0.15) is 5.26 Å². The third kappa shape index (κ3) is 4.63. The van der Waals surface area contributed by atoms with Crippen LogP contribution in [-0.2, 0) is 9.53 Å². The summed E-state index contributed by atoms with van der Waals surface area (Å²) in [5.41, 5.74) is 5.69. The molecular weight excluding hydrogens is 230 g/mol. The van der Waals surface area contributed by atoms with Crippen LogP contribution in [0.25, 0.3) is 0 Å². The molecule has 3 atom stereocenters. The van der Waals surface area contributed by atoms with E-state index >= 15 is 0 Å². The van der Waals surface area contributed by atoms with Crippen molar-refractivity contribution in [1.82, 2.24) is 4.90 Å². The topological polar surface area (TPSA) is 79.3 Å². The molecule has 1 amide bonds. The van der Waals surface area contributed by atoms with Crippen LogP contribution < -0.4 is 5.73 Å². The van der Waals surface area contributed by atoms with Gasteiger partial charge in [0.05, 0.1) is 19.2 Å². The molecule has 1 rings (SSSR count). The minimum Gasteiger partial charge on any atom is -0.360 e. The summed E-state index contributed by atoms with van der Waals surface area (Å²) in [6.45, 7) is 5.37. The van der Waals surface area contributed by atoms with Gasteiger partial charge in [0.1, 0.15) is 0 Å². The van der Waals surface area contributed by atoms with Crippen LogP contribution in [0.15, 0.2) is 0 Å². The van der Waals surface area contributed by atoms with Crippen molar-refractivity contribution >= 4 is 5.91 Å². The van der Waals surface area contributed by atoms with Gasteiger partial charge >= 0.3 is 0 Å². The highest BCUT2D eigenvalue weighted by atomic mass is 16.5. The quantitative estimate of drug-likeness (QED) is 0.789. The maximum Gasteiger partial charge on any atom is 0.225 e. The standard InChI is InChI=1S/C13H23N3O2/c1-10(4-3-5-11(2)15)13(17)16-6-7-18-12(8-14)9-16/h10-12H,3-7,9,15H2,1-2H3. The lowest BCUT2D eigenvalue weighted by molar-refractivity contribution is -0.141. The summed E-state index contributed by atoms with van der Waals surface area (Å²) in [4.78, 5) is 13.9. The fourth-order valence-corrected chi connectivity index (χ4v) is 2.11. The molecule has 1 aliphatic heterocycles. The number of nitrogens with two attached hydrogens (primary N) is 1. The Morgan fingerprint density at radius 2 is 2.28 bits per heavy atom. The number of rotatable bonds is 5. The summed E-state index contributed by atoms with van der Waals surface area (Å²) in [6.07, 6.45) is 2.30. The summed E-state index contributed by atoms with van der Waals surface area (Å²) in [6, 6.07) is 2.25. The number of ether oxygens (including phenoxy) is 1. The first-order chi connectivity index (χ1) is 8.54. The van der Waals surface area contributed by atoms with E-state index in [4.69, 9.17) is 15.7 Å². The van der Waals surface area contributed by atoms with Crippen molar-refractivity contribution in [2.24, 2.45) is 11.7 Å². The predicted octanol–water partition coefficient (Wildman–Crippen LogP) is 0.891. The smallest absolute Gasteiger partial charge is 0.225 e. The molecule has 0 aliphatic carbocycles. The first kappa shape index (κ1) is 14.9. The summed E-state index contributed by atoms with van der Waals surface area (Å²) in [5.74, 6) is 0.129. The second kappa shape index (κ2) is 7.34. The number of carbonyl (C=O) groups is 1. The van der Waals surface area contributed by atoms with Gasteiger partial charge in [-0.15, -0.1) is 0 Å². The highest BCUT2D eigenvalue weighted by Crippen LogP contribution is 2.15. The Kier molecular flexibility index (Phi) is 6.10. The minimum absolute atomic E-state index is 0.00110. The van der Waals surface area contributed by atoms with Crippen LogP contribution in [0.1, 0.15) is 33.1 Å². The van der Waals surface area contributed by atoms with Crippen LogP contribution in [0.5, 0.6) is 0 Å². The Bertz CT molecular complexity index is 312. The molecule has 1 aliphatic rings. The maximum absolute atomic E-state index is 12.2. The molecule has 1 saturated heterocycles. The highest BCUT2D eigenvalue weighted by molar-refractivity contribution is 5.78. The van der Waals surface area contributed by atoms with Gasteiger partial charge in [-0.25, -0.2) is 0 Å². The van der Waals surface area contributed by atoms with Gasteiger partial charge in [0, 0.05) is 18.5 Å². The lowest BCUT2D eigenvalue weighted by Gasteiger charge is -2.31. The number of hydrogen-bond donors (Lipinski definition) is 1. The van der Waals surface area contributed by atoms with E-state index < -0.39 is 6.10 Å². The van der Waals surface area contributed by atoms with E-state index in [1.54, 1.807) is 4.90 Å². The number of nitriles is 1. The van der Waals surface area contributed by atoms with Crippen LogP contribution in [-0.4, -0.2) is 42.6 Å². The molecule has 5 heteroatoms. The summed E-state index contributed by atoms with van der Waals surface area (Å²) in [7, 11) is 0. The second-order valence-electron chi connectivity index (χ2n) is 5.08. The summed E-state index contributed by atoms with van der Waals surface area (Å²) >= 11 is 0. The number of morpholine rings is 1. The van der Waals surface area contributed by atoms with Crippen molar-refractivity contribution in [3.63, 3.8) is 0 Å². The van der Waals surface area contributed by atoms with Crippen LogP contribution in [0.3, 0.4) is 0 Å². The molecule has 3 unspecified atom stereocenters. The van der Waals surface area contributed by atoms with Gasteiger partial charge in [0.2, 0.25) is 5.91 Å². The molecule has 1 fully saturated rings. The van der Waals surface area contributed by atoms with Crippen molar-refractivity contribution in [1.29, 1.82) is 5.26 Å². The lowest BCUT2D eigenvalue weighted by atomic mass is 10.0. The third-order valence-electron chi connectivity index (χ3n) is 3.24. The van der Waals surface area contributed by atoms with Gasteiger partial charge in [-0.1, -0.05) is 13.3 Å². The van der Waals surface area contributed by atoms with Crippen LogP contribution in [0.4, 0.5) is 0 Å². The summed E-state index contributed by atoms with van der Waals surface area (Å²) < 4.78 is 5.23. The molecule has 5 nitrogen and oxygen atoms in total. The molecule has 102 valence electrons. The van der Waals surface area contributed by atoms with Crippen molar-refractivity contribution in [2.45, 2.75) is 45.3 Å². The lowest BCUT2D eigenvalue weighted by Crippen LogP contribution is -2.47. The largest absolute Gasteiger partial charge is 0.360 e. The van der Waals surface area contributed by atoms with Gasteiger partial charge < -0.3 is 15.4 Å². The highest BCUT2D eigenvalue weighted by Gasteiger charge is 2.26. The number of hydrogen-bond acceptors (Lipinski definition) is 4. The number of amides is 1. The molecule has 2 N–H and O–H groups in total.